The molecule has 0 saturated heterocycles. The number of hydrogen-bond donors (Lipinski definition) is 0. The first kappa shape index (κ1) is 9.05. The van der Waals surface area contributed by atoms with E-state index in [0.29, 0.717) is 6.10 Å². The second kappa shape index (κ2) is 4.76. The second-order valence-electron chi connectivity index (χ2n) is 3.67. The summed E-state index contributed by atoms with van der Waals surface area (Å²) in [4.78, 5) is 0. The minimum absolute atomic E-state index is 0.573. The van der Waals surface area contributed by atoms with Gasteiger partial charge in [0, 0.05) is 6.61 Å². The summed E-state index contributed by atoms with van der Waals surface area (Å²) >= 11 is 0. The Bertz CT molecular complexity index is 101. The Morgan fingerprint density at radius 1 is 1.27 bits per heavy atom. The van der Waals surface area contributed by atoms with Gasteiger partial charge in [-0.1, -0.05) is 26.7 Å². The topological polar surface area (TPSA) is 9.23 Å². The summed E-state index contributed by atoms with van der Waals surface area (Å²) in [5.41, 5.74) is 0. The smallest absolute Gasteiger partial charge is 0.0600 e. The van der Waals surface area contributed by atoms with Crippen molar-refractivity contribution in [2.45, 2.75) is 52.1 Å². The molecular formula is C10H20O. The fraction of sp³-hybridized carbons (Fsp3) is 1.00. The molecule has 0 N–H and O–H groups in total. The van der Waals surface area contributed by atoms with Crippen molar-refractivity contribution in [3.63, 3.8) is 0 Å². The van der Waals surface area contributed by atoms with Crippen molar-refractivity contribution in [2.24, 2.45) is 5.92 Å². The molecule has 0 unspecified atom stereocenters. The first-order chi connectivity index (χ1) is 5.34. The van der Waals surface area contributed by atoms with Gasteiger partial charge in [0.25, 0.3) is 0 Å². The molecule has 1 heteroatoms. The normalized spacial score (nSPS) is 32.2. The van der Waals surface area contributed by atoms with Crippen LogP contribution in [0.2, 0.25) is 0 Å². The van der Waals surface area contributed by atoms with Crippen LogP contribution in [0.3, 0.4) is 0 Å². The van der Waals surface area contributed by atoms with Crippen LogP contribution < -0.4 is 0 Å². The van der Waals surface area contributed by atoms with Gasteiger partial charge in [0.2, 0.25) is 0 Å². The Kier molecular flexibility index (Phi) is 3.92. The SMILES string of the molecule is CCCO[C@@H]1CCCC[C@H]1C. The minimum atomic E-state index is 0.573. The van der Waals surface area contributed by atoms with Crippen LogP contribution in [-0.4, -0.2) is 12.7 Å². The lowest BCUT2D eigenvalue weighted by Crippen LogP contribution is -2.25. The van der Waals surface area contributed by atoms with Crippen molar-refractivity contribution in [1.29, 1.82) is 0 Å². The molecule has 1 saturated carbocycles. The Morgan fingerprint density at radius 3 is 2.64 bits per heavy atom. The average Bonchev–Trinajstić information content (AvgIpc) is 2.03. The molecule has 11 heavy (non-hydrogen) atoms. The van der Waals surface area contributed by atoms with Crippen molar-refractivity contribution in [3.8, 4) is 0 Å². The van der Waals surface area contributed by atoms with Crippen LogP contribution in [0.15, 0.2) is 0 Å². The van der Waals surface area contributed by atoms with Crippen LogP contribution in [-0.2, 0) is 4.74 Å². The molecular weight excluding hydrogens is 136 g/mol. The molecule has 0 aromatic rings. The van der Waals surface area contributed by atoms with Gasteiger partial charge in [-0.2, -0.15) is 0 Å². The Morgan fingerprint density at radius 2 is 2.00 bits per heavy atom. The molecule has 0 spiro atoms. The van der Waals surface area contributed by atoms with E-state index in [0.717, 1.165) is 18.9 Å². The van der Waals surface area contributed by atoms with E-state index in [4.69, 9.17) is 4.74 Å². The van der Waals surface area contributed by atoms with Crippen molar-refractivity contribution < 1.29 is 4.74 Å². The van der Waals surface area contributed by atoms with Crippen molar-refractivity contribution in [1.82, 2.24) is 0 Å². The summed E-state index contributed by atoms with van der Waals surface area (Å²) in [6.45, 7) is 5.45. The van der Waals surface area contributed by atoms with Gasteiger partial charge in [0.05, 0.1) is 6.10 Å². The van der Waals surface area contributed by atoms with Crippen molar-refractivity contribution in [2.75, 3.05) is 6.61 Å². The molecule has 1 aliphatic carbocycles. The van der Waals surface area contributed by atoms with Crippen LogP contribution in [0.5, 0.6) is 0 Å². The Labute approximate surface area is 70.1 Å². The summed E-state index contributed by atoms with van der Waals surface area (Å²) in [6.07, 6.45) is 7.17. The molecule has 1 rings (SSSR count). The second-order valence-corrected chi connectivity index (χ2v) is 3.67. The molecule has 1 aliphatic rings. The molecule has 0 radical (unpaired) electrons. The fourth-order valence-corrected chi connectivity index (χ4v) is 1.80. The third-order valence-electron chi connectivity index (χ3n) is 2.57. The van der Waals surface area contributed by atoms with E-state index in [1.807, 2.05) is 0 Å². The third kappa shape index (κ3) is 2.82. The van der Waals surface area contributed by atoms with Crippen LogP contribution in [0.1, 0.15) is 46.0 Å². The number of hydrogen-bond acceptors (Lipinski definition) is 1. The van der Waals surface area contributed by atoms with Crippen molar-refractivity contribution in [3.05, 3.63) is 0 Å². The summed E-state index contributed by atoms with van der Waals surface area (Å²) < 4.78 is 5.74. The largest absolute Gasteiger partial charge is 0.378 e. The predicted molar refractivity (Wildman–Crippen MR) is 47.7 cm³/mol. The summed E-state index contributed by atoms with van der Waals surface area (Å²) in [5.74, 6) is 0.801. The fourth-order valence-electron chi connectivity index (χ4n) is 1.80. The van der Waals surface area contributed by atoms with E-state index in [9.17, 15) is 0 Å². The maximum Gasteiger partial charge on any atom is 0.0600 e. The molecule has 0 aromatic heterocycles. The highest BCUT2D eigenvalue weighted by Gasteiger charge is 2.20. The number of ether oxygens (including phenoxy) is 1. The molecule has 1 fully saturated rings. The van der Waals surface area contributed by atoms with Gasteiger partial charge in [-0.15, -0.1) is 0 Å². The van der Waals surface area contributed by atoms with Gasteiger partial charge in [-0.05, 0) is 25.2 Å². The van der Waals surface area contributed by atoms with Crippen LogP contribution in [0.4, 0.5) is 0 Å². The van der Waals surface area contributed by atoms with Crippen LogP contribution in [0, 0.1) is 5.92 Å². The highest BCUT2D eigenvalue weighted by molar-refractivity contribution is 4.72. The average molecular weight is 156 g/mol. The molecule has 66 valence electrons. The van der Waals surface area contributed by atoms with Gasteiger partial charge >= 0.3 is 0 Å². The molecule has 0 bridgehead atoms. The molecule has 0 aromatic carbocycles. The molecule has 0 heterocycles. The van der Waals surface area contributed by atoms with Crippen LogP contribution in [0.25, 0.3) is 0 Å². The molecule has 2 atom stereocenters. The quantitative estimate of drug-likeness (QED) is 0.610. The van der Waals surface area contributed by atoms with Gasteiger partial charge in [0.15, 0.2) is 0 Å². The summed E-state index contributed by atoms with van der Waals surface area (Å²) in [6, 6.07) is 0. The molecule has 0 amide bonds. The van der Waals surface area contributed by atoms with Gasteiger partial charge in [0.1, 0.15) is 0 Å². The number of rotatable bonds is 3. The molecule has 1 nitrogen and oxygen atoms in total. The lowest BCUT2D eigenvalue weighted by atomic mass is 9.88. The highest BCUT2D eigenvalue weighted by Crippen LogP contribution is 2.26. The summed E-state index contributed by atoms with van der Waals surface area (Å²) in [5, 5.41) is 0. The Hall–Kier alpha value is -0.0400. The van der Waals surface area contributed by atoms with E-state index in [1.165, 1.54) is 25.7 Å². The predicted octanol–water partition coefficient (Wildman–Crippen LogP) is 2.99. The van der Waals surface area contributed by atoms with Crippen molar-refractivity contribution >= 4 is 0 Å². The van der Waals surface area contributed by atoms with E-state index in [-0.39, 0.29) is 0 Å². The first-order valence-corrected chi connectivity index (χ1v) is 4.96. The standard InChI is InChI=1S/C10H20O/c1-3-8-11-10-7-5-4-6-9(10)2/h9-10H,3-8H2,1-2H3/t9-,10-/m1/s1. The maximum atomic E-state index is 5.74. The lowest BCUT2D eigenvalue weighted by molar-refractivity contribution is -0.00450. The zero-order chi connectivity index (χ0) is 8.10. The Balaban J connectivity index is 2.18. The van der Waals surface area contributed by atoms with Gasteiger partial charge in [-0.3, -0.25) is 0 Å². The maximum absolute atomic E-state index is 5.74. The first-order valence-electron chi connectivity index (χ1n) is 4.96. The zero-order valence-corrected chi connectivity index (χ0v) is 7.81. The van der Waals surface area contributed by atoms with E-state index < -0.39 is 0 Å². The summed E-state index contributed by atoms with van der Waals surface area (Å²) in [7, 11) is 0. The van der Waals surface area contributed by atoms with Crippen LogP contribution >= 0.6 is 0 Å². The highest BCUT2D eigenvalue weighted by atomic mass is 16.5. The van der Waals surface area contributed by atoms with E-state index in [2.05, 4.69) is 13.8 Å². The lowest BCUT2D eigenvalue weighted by Gasteiger charge is -2.28. The minimum Gasteiger partial charge on any atom is -0.378 e. The molecule has 0 aliphatic heterocycles. The van der Waals surface area contributed by atoms with Gasteiger partial charge < -0.3 is 4.74 Å². The zero-order valence-electron chi connectivity index (χ0n) is 7.81. The van der Waals surface area contributed by atoms with E-state index in [1.54, 1.807) is 0 Å². The monoisotopic (exact) mass is 156 g/mol. The van der Waals surface area contributed by atoms with E-state index >= 15 is 0 Å². The third-order valence-corrected chi connectivity index (χ3v) is 2.57. The van der Waals surface area contributed by atoms with Gasteiger partial charge in [-0.25, -0.2) is 0 Å².